The minimum Gasteiger partial charge on any atom is -0.490 e. The van der Waals surface area contributed by atoms with Gasteiger partial charge in [0.25, 0.3) is 5.91 Å². The highest BCUT2D eigenvalue weighted by Crippen LogP contribution is 2.23. The molecule has 0 atom stereocenters. The maximum Gasteiger partial charge on any atom is 0.261 e. The van der Waals surface area contributed by atoms with E-state index in [4.69, 9.17) is 21.7 Å². The van der Waals surface area contributed by atoms with E-state index in [-0.39, 0.29) is 11.0 Å². The number of nitrogens with one attached hydrogen (secondary N) is 2. The molecular weight excluding hydrogens is 372 g/mol. The molecule has 0 aliphatic heterocycles. The monoisotopic (exact) mass is 394 g/mol. The van der Waals surface area contributed by atoms with Crippen LogP contribution in [0.4, 0.5) is 5.69 Å². The SMILES string of the molecule is CCOCCOc1ccccc1C(=O)NC(=S)Nc1cccc2ccccc12. The molecule has 0 fully saturated rings. The van der Waals surface area contributed by atoms with Crippen molar-refractivity contribution in [3.05, 3.63) is 72.3 Å². The van der Waals surface area contributed by atoms with Crippen molar-refractivity contribution in [2.24, 2.45) is 0 Å². The molecule has 1 amide bonds. The molecule has 2 N–H and O–H groups in total. The predicted molar refractivity (Wildman–Crippen MR) is 116 cm³/mol. The lowest BCUT2D eigenvalue weighted by molar-refractivity contribution is 0.0958. The predicted octanol–water partition coefficient (Wildman–Crippen LogP) is 4.38. The number of rotatable bonds is 7. The van der Waals surface area contributed by atoms with Gasteiger partial charge in [-0.1, -0.05) is 48.5 Å². The Bertz CT molecular complexity index is 969. The number of benzene rings is 3. The van der Waals surface area contributed by atoms with Gasteiger partial charge >= 0.3 is 0 Å². The molecule has 3 rings (SSSR count). The van der Waals surface area contributed by atoms with E-state index in [1.807, 2.05) is 55.5 Å². The minimum absolute atomic E-state index is 0.227. The smallest absolute Gasteiger partial charge is 0.261 e. The largest absolute Gasteiger partial charge is 0.490 e. The third-order valence-corrected chi connectivity index (χ3v) is 4.29. The standard InChI is InChI=1S/C22H22N2O3S/c1-2-26-14-15-27-20-13-6-5-11-18(20)21(25)24-22(28)23-19-12-7-9-16-8-3-4-10-17(16)19/h3-13H,2,14-15H2,1H3,(H2,23,24,25,28). The van der Waals surface area contributed by atoms with Crippen molar-refractivity contribution in [3.8, 4) is 5.75 Å². The first kappa shape index (κ1) is 19.8. The average Bonchev–Trinajstić information content (AvgIpc) is 2.72. The number of anilines is 1. The molecule has 5 nitrogen and oxygen atoms in total. The summed E-state index contributed by atoms with van der Waals surface area (Å²) in [6, 6.07) is 20.9. The van der Waals surface area contributed by atoms with Gasteiger partial charge in [-0.25, -0.2) is 0 Å². The van der Waals surface area contributed by atoms with Crippen molar-refractivity contribution >= 4 is 39.7 Å². The van der Waals surface area contributed by atoms with E-state index in [9.17, 15) is 4.79 Å². The highest BCUT2D eigenvalue weighted by Gasteiger charge is 2.14. The van der Waals surface area contributed by atoms with Crippen molar-refractivity contribution < 1.29 is 14.3 Å². The highest BCUT2D eigenvalue weighted by atomic mass is 32.1. The van der Waals surface area contributed by atoms with E-state index in [0.717, 1.165) is 16.5 Å². The topological polar surface area (TPSA) is 59.6 Å². The number of thiocarbonyl (C=S) groups is 1. The summed E-state index contributed by atoms with van der Waals surface area (Å²) in [5.41, 5.74) is 1.26. The van der Waals surface area contributed by atoms with Crippen LogP contribution in [0.3, 0.4) is 0 Å². The van der Waals surface area contributed by atoms with Crippen LogP contribution in [-0.2, 0) is 4.74 Å². The maximum absolute atomic E-state index is 12.7. The number of ether oxygens (including phenoxy) is 2. The number of carbonyl (C=O) groups is 1. The number of para-hydroxylation sites is 1. The Morgan fingerprint density at radius 3 is 2.57 bits per heavy atom. The Morgan fingerprint density at radius 1 is 0.964 bits per heavy atom. The first-order chi connectivity index (χ1) is 13.7. The van der Waals surface area contributed by atoms with Gasteiger partial charge < -0.3 is 14.8 Å². The zero-order valence-corrected chi connectivity index (χ0v) is 16.4. The van der Waals surface area contributed by atoms with E-state index in [0.29, 0.717) is 31.1 Å². The summed E-state index contributed by atoms with van der Waals surface area (Å²) in [7, 11) is 0. The van der Waals surface area contributed by atoms with E-state index in [1.165, 1.54) is 0 Å². The first-order valence-electron chi connectivity index (χ1n) is 9.08. The van der Waals surface area contributed by atoms with E-state index >= 15 is 0 Å². The molecule has 6 heteroatoms. The maximum atomic E-state index is 12.7. The van der Waals surface area contributed by atoms with Crippen LogP contribution in [0, 0.1) is 0 Å². The number of carbonyl (C=O) groups excluding carboxylic acids is 1. The summed E-state index contributed by atoms with van der Waals surface area (Å²) in [5, 5.41) is 8.17. The third kappa shape index (κ3) is 5.06. The van der Waals surface area contributed by atoms with Crippen LogP contribution in [0.2, 0.25) is 0 Å². The molecule has 28 heavy (non-hydrogen) atoms. The second-order valence-electron chi connectivity index (χ2n) is 5.98. The second kappa shape index (κ2) is 9.82. The van der Waals surface area contributed by atoms with Crippen molar-refractivity contribution in [2.75, 3.05) is 25.1 Å². The van der Waals surface area contributed by atoms with Crippen LogP contribution in [0.5, 0.6) is 5.75 Å². The van der Waals surface area contributed by atoms with Gasteiger partial charge in [-0.15, -0.1) is 0 Å². The fraction of sp³-hybridized carbons (Fsp3) is 0.182. The van der Waals surface area contributed by atoms with Crippen molar-refractivity contribution in [2.45, 2.75) is 6.92 Å². The molecule has 3 aromatic carbocycles. The summed E-state index contributed by atoms with van der Waals surface area (Å²) in [4.78, 5) is 12.7. The van der Waals surface area contributed by atoms with Gasteiger partial charge in [-0.05, 0) is 42.7 Å². The molecule has 144 valence electrons. The Morgan fingerprint density at radius 2 is 1.71 bits per heavy atom. The van der Waals surface area contributed by atoms with E-state index < -0.39 is 0 Å². The molecular formula is C22H22N2O3S. The molecule has 0 saturated carbocycles. The molecule has 0 radical (unpaired) electrons. The van der Waals surface area contributed by atoms with Crippen LogP contribution in [0.1, 0.15) is 17.3 Å². The number of hydrogen-bond donors (Lipinski definition) is 2. The lowest BCUT2D eigenvalue weighted by Crippen LogP contribution is -2.34. The molecule has 3 aromatic rings. The van der Waals surface area contributed by atoms with E-state index in [2.05, 4.69) is 10.6 Å². The van der Waals surface area contributed by atoms with Crippen LogP contribution in [0.15, 0.2) is 66.7 Å². The molecule has 0 aliphatic carbocycles. The molecule has 0 aromatic heterocycles. The van der Waals surface area contributed by atoms with Gasteiger partial charge in [-0.2, -0.15) is 0 Å². The summed E-state index contributed by atoms with van der Waals surface area (Å²) in [6.07, 6.45) is 0. The van der Waals surface area contributed by atoms with E-state index in [1.54, 1.807) is 18.2 Å². The Balaban J connectivity index is 1.67. The van der Waals surface area contributed by atoms with Gasteiger partial charge in [0.1, 0.15) is 12.4 Å². The normalized spacial score (nSPS) is 10.5. The molecule has 0 saturated heterocycles. The van der Waals surface area contributed by atoms with Crippen LogP contribution in [-0.4, -0.2) is 30.8 Å². The number of hydrogen-bond acceptors (Lipinski definition) is 4. The molecule has 0 aliphatic rings. The van der Waals surface area contributed by atoms with Gasteiger partial charge in [-0.3, -0.25) is 10.1 Å². The average molecular weight is 394 g/mol. The van der Waals surface area contributed by atoms with Gasteiger partial charge in [0.05, 0.1) is 12.2 Å². The lowest BCUT2D eigenvalue weighted by Gasteiger charge is -2.14. The minimum atomic E-state index is -0.329. The van der Waals surface area contributed by atoms with Crippen LogP contribution >= 0.6 is 12.2 Å². The zero-order chi connectivity index (χ0) is 19.8. The quantitative estimate of drug-likeness (QED) is 0.460. The lowest BCUT2D eigenvalue weighted by atomic mass is 10.1. The van der Waals surface area contributed by atoms with Crippen LogP contribution in [0.25, 0.3) is 10.8 Å². The van der Waals surface area contributed by atoms with Crippen molar-refractivity contribution in [1.29, 1.82) is 0 Å². The summed E-state index contributed by atoms with van der Waals surface area (Å²) >= 11 is 5.34. The Labute approximate surface area is 169 Å². The second-order valence-corrected chi connectivity index (χ2v) is 6.38. The molecule has 0 unspecified atom stereocenters. The van der Waals surface area contributed by atoms with Crippen molar-refractivity contribution in [1.82, 2.24) is 5.32 Å². The first-order valence-corrected chi connectivity index (χ1v) is 9.49. The number of fused-ring (bicyclic) bond motifs is 1. The van der Waals surface area contributed by atoms with Crippen LogP contribution < -0.4 is 15.4 Å². The van der Waals surface area contributed by atoms with Gasteiger partial charge in [0.2, 0.25) is 0 Å². The molecule has 0 heterocycles. The fourth-order valence-corrected chi connectivity index (χ4v) is 3.00. The van der Waals surface area contributed by atoms with Crippen molar-refractivity contribution in [3.63, 3.8) is 0 Å². The molecule has 0 spiro atoms. The zero-order valence-electron chi connectivity index (χ0n) is 15.6. The Kier molecular flexibility index (Phi) is 6.94. The summed E-state index contributed by atoms with van der Waals surface area (Å²) in [5.74, 6) is 0.164. The number of amides is 1. The molecule has 0 bridgehead atoms. The fourth-order valence-electron chi connectivity index (χ4n) is 2.79. The summed E-state index contributed by atoms with van der Waals surface area (Å²) in [6.45, 7) is 3.38. The Hall–Kier alpha value is -2.96. The summed E-state index contributed by atoms with van der Waals surface area (Å²) < 4.78 is 10.9. The third-order valence-electron chi connectivity index (χ3n) is 4.09. The van der Waals surface area contributed by atoms with Gasteiger partial charge in [0.15, 0.2) is 5.11 Å². The van der Waals surface area contributed by atoms with Gasteiger partial charge in [0, 0.05) is 17.7 Å². The highest BCUT2D eigenvalue weighted by molar-refractivity contribution is 7.80.